The summed E-state index contributed by atoms with van der Waals surface area (Å²) in [5.41, 5.74) is 0.985. The summed E-state index contributed by atoms with van der Waals surface area (Å²) in [5.74, 6) is 1.36. The molecule has 6 heteroatoms. The Bertz CT molecular complexity index is 453. The molecule has 2 heterocycles. The molecule has 0 aliphatic rings. The van der Waals surface area contributed by atoms with E-state index in [0.717, 1.165) is 5.69 Å². The maximum absolute atomic E-state index is 4.91. The van der Waals surface area contributed by atoms with Crippen LogP contribution in [-0.2, 0) is 0 Å². The molecule has 0 spiro atoms. The van der Waals surface area contributed by atoms with E-state index < -0.39 is 0 Å². The van der Waals surface area contributed by atoms with Crippen molar-refractivity contribution in [2.45, 2.75) is 6.92 Å². The second kappa shape index (κ2) is 3.95. The van der Waals surface area contributed by atoms with Crippen molar-refractivity contribution in [3.05, 3.63) is 24.0 Å². The topological polar surface area (TPSA) is 75.7 Å². The molecule has 0 radical (unpaired) electrons. The van der Waals surface area contributed by atoms with Crippen molar-refractivity contribution in [3.63, 3.8) is 0 Å². The fourth-order valence-electron chi connectivity index (χ4n) is 1.12. The van der Waals surface area contributed by atoms with Crippen LogP contribution in [0.2, 0.25) is 0 Å². The van der Waals surface area contributed by atoms with Crippen molar-refractivity contribution >= 4 is 11.6 Å². The smallest absolute Gasteiger partial charge is 0.318 e. The normalized spacial score (nSPS) is 10.0. The standard InChI is InChI=1S/C9H11N5O/c1-6-5-8(14-13-6)11-7-3-4-10-9(12-7)15-2/h3-5H,1-2H3,(H2,10,11,12,13,14). The van der Waals surface area contributed by atoms with E-state index in [1.807, 2.05) is 13.0 Å². The van der Waals surface area contributed by atoms with Gasteiger partial charge in [0.1, 0.15) is 5.82 Å². The minimum atomic E-state index is 0.326. The highest BCUT2D eigenvalue weighted by Crippen LogP contribution is 2.13. The van der Waals surface area contributed by atoms with E-state index in [2.05, 4.69) is 25.5 Å². The molecule has 15 heavy (non-hydrogen) atoms. The highest BCUT2D eigenvalue weighted by molar-refractivity contribution is 5.51. The fraction of sp³-hybridized carbons (Fsp3) is 0.222. The summed E-state index contributed by atoms with van der Waals surface area (Å²) in [6, 6.07) is 3.95. The number of ether oxygens (including phenoxy) is 1. The van der Waals surface area contributed by atoms with Crippen molar-refractivity contribution < 1.29 is 4.74 Å². The van der Waals surface area contributed by atoms with Crippen LogP contribution in [0.15, 0.2) is 18.3 Å². The first-order valence-electron chi connectivity index (χ1n) is 4.44. The number of aromatic amines is 1. The number of anilines is 2. The molecular formula is C9H11N5O. The minimum Gasteiger partial charge on any atom is -0.467 e. The van der Waals surface area contributed by atoms with Crippen molar-refractivity contribution in [1.29, 1.82) is 0 Å². The summed E-state index contributed by atoms with van der Waals surface area (Å²) in [6.07, 6.45) is 1.62. The van der Waals surface area contributed by atoms with Gasteiger partial charge in [0.05, 0.1) is 7.11 Å². The summed E-state index contributed by atoms with van der Waals surface area (Å²) in [5, 5.41) is 9.89. The monoisotopic (exact) mass is 205 g/mol. The quantitative estimate of drug-likeness (QED) is 0.788. The molecule has 6 nitrogen and oxygen atoms in total. The maximum Gasteiger partial charge on any atom is 0.318 e. The van der Waals surface area contributed by atoms with Crippen molar-refractivity contribution in [2.24, 2.45) is 0 Å². The lowest BCUT2D eigenvalue weighted by Crippen LogP contribution is -1.97. The summed E-state index contributed by atoms with van der Waals surface area (Å²) in [7, 11) is 1.53. The van der Waals surface area contributed by atoms with Crippen molar-refractivity contribution in [1.82, 2.24) is 20.2 Å². The molecule has 2 N–H and O–H groups in total. The molecular weight excluding hydrogens is 194 g/mol. The first-order chi connectivity index (χ1) is 7.28. The van der Waals surface area contributed by atoms with Gasteiger partial charge in [0.15, 0.2) is 5.82 Å². The summed E-state index contributed by atoms with van der Waals surface area (Å²) >= 11 is 0. The average Bonchev–Trinajstić information content (AvgIpc) is 2.64. The zero-order valence-electron chi connectivity index (χ0n) is 8.48. The van der Waals surface area contributed by atoms with E-state index in [9.17, 15) is 0 Å². The van der Waals surface area contributed by atoms with E-state index >= 15 is 0 Å². The van der Waals surface area contributed by atoms with Gasteiger partial charge in [0.2, 0.25) is 0 Å². The zero-order valence-corrected chi connectivity index (χ0v) is 8.48. The average molecular weight is 205 g/mol. The Morgan fingerprint density at radius 1 is 1.40 bits per heavy atom. The van der Waals surface area contributed by atoms with Gasteiger partial charge in [0, 0.05) is 18.0 Å². The predicted octanol–water partition coefficient (Wildman–Crippen LogP) is 1.26. The zero-order chi connectivity index (χ0) is 10.7. The number of hydrogen-bond donors (Lipinski definition) is 2. The lowest BCUT2D eigenvalue weighted by molar-refractivity contribution is 0.380. The first kappa shape index (κ1) is 9.45. The molecule has 0 unspecified atom stereocenters. The summed E-state index contributed by atoms with van der Waals surface area (Å²) in [6.45, 7) is 1.93. The highest BCUT2D eigenvalue weighted by Gasteiger charge is 2.01. The number of aryl methyl sites for hydroxylation is 1. The molecule has 0 fully saturated rings. The molecule has 2 aromatic rings. The second-order valence-electron chi connectivity index (χ2n) is 2.99. The molecule has 0 saturated carbocycles. The lowest BCUT2D eigenvalue weighted by Gasteiger charge is -2.02. The highest BCUT2D eigenvalue weighted by atomic mass is 16.5. The number of methoxy groups -OCH3 is 1. The number of H-pyrrole nitrogens is 1. The minimum absolute atomic E-state index is 0.326. The van der Waals surface area contributed by atoms with E-state index in [-0.39, 0.29) is 0 Å². The molecule has 0 amide bonds. The molecule has 0 aliphatic carbocycles. The van der Waals surface area contributed by atoms with Crippen LogP contribution < -0.4 is 10.1 Å². The lowest BCUT2D eigenvalue weighted by atomic mass is 10.4. The van der Waals surface area contributed by atoms with Gasteiger partial charge in [-0.3, -0.25) is 5.10 Å². The molecule has 0 aromatic carbocycles. The van der Waals surface area contributed by atoms with Gasteiger partial charge < -0.3 is 10.1 Å². The molecule has 2 rings (SSSR count). The summed E-state index contributed by atoms with van der Waals surface area (Å²) < 4.78 is 4.91. The third kappa shape index (κ3) is 2.22. The predicted molar refractivity (Wildman–Crippen MR) is 55.2 cm³/mol. The Balaban J connectivity index is 2.16. The molecule has 2 aromatic heterocycles. The van der Waals surface area contributed by atoms with E-state index in [1.54, 1.807) is 12.3 Å². The van der Waals surface area contributed by atoms with Gasteiger partial charge >= 0.3 is 6.01 Å². The summed E-state index contributed by atoms with van der Waals surface area (Å²) in [4.78, 5) is 8.00. The Morgan fingerprint density at radius 2 is 2.27 bits per heavy atom. The Morgan fingerprint density at radius 3 is 2.93 bits per heavy atom. The van der Waals surface area contributed by atoms with Crippen LogP contribution in [0.4, 0.5) is 11.6 Å². The number of nitrogens with zero attached hydrogens (tertiary/aromatic N) is 3. The molecule has 0 atom stereocenters. The van der Waals surface area contributed by atoms with Gasteiger partial charge in [-0.2, -0.15) is 10.1 Å². The molecule has 78 valence electrons. The third-order valence-corrected chi connectivity index (χ3v) is 1.78. The van der Waals surface area contributed by atoms with Crippen LogP contribution in [0.1, 0.15) is 5.69 Å². The number of nitrogens with one attached hydrogen (secondary N) is 2. The Hall–Kier alpha value is -2.11. The SMILES string of the molecule is COc1nccc(Nc2cc(C)[nH]n2)n1. The third-order valence-electron chi connectivity index (χ3n) is 1.78. The number of hydrogen-bond acceptors (Lipinski definition) is 5. The van der Waals surface area contributed by atoms with Crippen molar-refractivity contribution in [3.8, 4) is 6.01 Å². The van der Waals surface area contributed by atoms with Gasteiger partial charge in [-0.25, -0.2) is 4.98 Å². The molecule has 0 bridgehead atoms. The molecule has 0 saturated heterocycles. The van der Waals surface area contributed by atoms with Crippen LogP contribution in [-0.4, -0.2) is 27.3 Å². The van der Waals surface area contributed by atoms with Crippen LogP contribution in [0.25, 0.3) is 0 Å². The second-order valence-corrected chi connectivity index (χ2v) is 2.99. The van der Waals surface area contributed by atoms with E-state index in [4.69, 9.17) is 4.74 Å². The largest absolute Gasteiger partial charge is 0.467 e. The van der Waals surface area contributed by atoms with Crippen LogP contribution in [0.5, 0.6) is 6.01 Å². The van der Waals surface area contributed by atoms with Gasteiger partial charge in [-0.15, -0.1) is 0 Å². The van der Waals surface area contributed by atoms with E-state index in [1.165, 1.54) is 7.11 Å². The molecule has 0 aliphatic heterocycles. The maximum atomic E-state index is 4.91. The van der Waals surface area contributed by atoms with Crippen LogP contribution in [0.3, 0.4) is 0 Å². The van der Waals surface area contributed by atoms with Gasteiger partial charge in [0.25, 0.3) is 0 Å². The Kier molecular flexibility index (Phi) is 2.49. The van der Waals surface area contributed by atoms with Gasteiger partial charge in [-0.05, 0) is 13.0 Å². The van der Waals surface area contributed by atoms with Crippen LogP contribution >= 0.6 is 0 Å². The first-order valence-corrected chi connectivity index (χ1v) is 4.44. The number of aromatic nitrogens is 4. The van der Waals surface area contributed by atoms with Gasteiger partial charge in [-0.1, -0.05) is 0 Å². The number of rotatable bonds is 3. The fourth-order valence-corrected chi connectivity index (χ4v) is 1.12. The Labute approximate surface area is 86.7 Å². The van der Waals surface area contributed by atoms with Crippen LogP contribution in [0, 0.1) is 6.92 Å². The van der Waals surface area contributed by atoms with Crippen molar-refractivity contribution in [2.75, 3.05) is 12.4 Å². The van der Waals surface area contributed by atoms with E-state index in [0.29, 0.717) is 17.6 Å².